The lowest BCUT2D eigenvalue weighted by atomic mass is 9.47. The van der Waals surface area contributed by atoms with Crippen molar-refractivity contribution >= 4 is 5.71 Å². The largest absolute Gasteiger partial charge is 0.394 e. The van der Waals surface area contributed by atoms with Gasteiger partial charge < -0.3 is 14.8 Å². The highest BCUT2D eigenvalue weighted by atomic mass is 16.6. The van der Waals surface area contributed by atoms with E-state index in [1.54, 1.807) is 5.57 Å². The van der Waals surface area contributed by atoms with Crippen LogP contribution in [0.4, 0.5) is 0 Å². The first-order valence-electron chi connectivity index (χ1n) is 12.9. The van der Waals surface area contributed by atoms with Crippen molar-refractivity contribution in [3.8, 4) is 0 Å². The summed E-state index contributed by atoms with van der Waals surface area (Å²) in [5.41, 5.74) is 4.09. The molecule has 3 saturated carbocycles. The van der Waals surface area contributed by atoms with Gasteiger partial charge in [-0.25, -0.2) is 4.68 Å². The minimum absolute atomic E-state index is 0.0903. The Balaban J connectivity index is 1.20. The van der Waals surface area contributed by atoms with Gasteiger partial charge in [-0.15, -0.1) is 5.10 Å². The number of oxime groups is 1. The van der Waals surface area contributed by atoms with Gasteiger partial charge in [0, 0.05) is 12.7 Å². The number of aliphatic hydroxyl groups is 1. The number of fused-ring (bicyclic) bond motifs is 5. The second-order valence-electron chi connectivity index (χ2n) is 11.8. The van der Waals surface area contributed by atoms with Crippen molar-refractivity contribution in [2.75, 3.05) is 20.7 Å². The van der Waals surface area contributed by atoms with Gasteiger partial charge in [-0.1, -0.05) is 29.8 Å². The second-order valence-corrected chi connectivity index (χ2v) is 11.8. The normalized spacial score (nSPS) is 39.2. The van der Waals surface area contributed by atoms with Gasteiger partial charge in [-0.05, 0) is 100 Å². The first-order chi connectivity index (χ1) is 15.8. The third-order valence-corrected chi connectivity index (χ3v) is 9.59. The summed E-state index contributed by atoms with van der Waals surface area (Å²) in [5, 5.41) is 23.5. The Bertz CT molecular complexity index is 924. The zero-order valence-electron chi connectivity index (χ0n) is 20.8. The fraction of sp³-hybridized carbons (Fsp3) is 0.808. The maximum Gasteiger partial charge on any atom is 0.136 e. The van der Waals surface area contributed by atoms with Crippen LogP contribution in [0.25, 0.3) is 0 Å². The van der Waals surface area contributed by atoms with Crippen molar-refractivity contribution in [3.63, 3.8) is 0 Å². The van der Waals surface area contributed by atoms with E-state index in [0.29, 0.717) is 24.5 Å². The average molecular weight is 456 g/mol. The second kappa shape index (κ2) is 8.81. The topological polar surface area (TPSA) is 75.8 Å². The van der Waals surface area contributed by atoms with E-state index in [9.17, 15) is 5.11 Å². The molecule has 0 saturated heterocycles. The molecule has 1 heterocycles. The van der Waals surface area contributed by atoms with Crippen LogP contribution in [0.3, 0.4) is 0 Å². The predicted molar refractivity (Wildman–Crippen MR) is 129 cm³/mol. The van der Waals surface area contributed by atoms with Crippen molar-refractivity contribution in [1.29, 1.82) is 0 Å². The molecule has 1 aromatic heterocycles. The Hall–Kier alpha value is -1.73. The monoisotopic (exact) mass is 455 g/mol. The lowest BCUT2D eigenvalue weighted by Gasteiger charge is -2.57. The molecule has 5 rings (SSSR count). The van der Waals surface area contributed by atoms with Crippen molar-refractivity contribution in [3.05, 3.63) is 23.5 Å². The number of hydrogen-bond acceptors (Lipinski definition) is 6. The lowest BCUT2D eigenvalue weighted by Crippen LogP contribution is -2.51. The predicted octanol–water partition coefficient (Wildman–Crippen LogP) is 4.04. The Morgan fingerprint density at radius 1 is 1.15 bits per heavy atom. The summed E-state index contributed by atoms with van der Waals surface area (Å²) in [6.07, 6.45) is 13.5. The summed E-state index contributed by atoms with van der Waals surface area (Å²) in [7, 11) is 4.05. The molecule has 0 spiro atoms. The fourth-order valence-electron chi connectivity index (χ4n) is 7.72. The molecule has 5 unspecified atom stereocenters. The highest BCUT2D eigenvalue weighted by molar-refractivity contribution is 5.96. The van der Waals surface area contributed by atoms with E-state index >= 15 is 0 Å². The molecule has 6 atom stereocenters. The summed E-state index contributed by atoms with van der Waals surface area (Å²) in [6.45, 7) is 6.82. The molecule has 1 N–H and O–H groups in total. The van der Waals surface area contributed by atoms with Gasteiger partial charge in [0.1, 0.15) is 6.61 Å². The van der Waals surface area contributed by atoms with Crippen molar-refractivity contribution < 1.29 is 9.94 Å². The summed E-state index contributed by atoms with van der Waals surface area (Å²) >= 11 is 0. The van der Waals surface area contributed by atoms with Crippen LogP contribution in [0.1, 0.15) is 70.9 Å². The molecule has 4 aliphatic carbocycles. The third-order valence-electron chi connectivity index (χ3n) is 9.59. The first-order valence-corrected chi connectivity index (χ1v) is 12.9. The van der Waals surface area contributed by atoms with E-state index in [4.69, 9.17) is 4.84 Å². The minimum Gasteiger partial charge on any atom is -0.394 e. The molecule has 0 aliphatic heterocycles. The van der Waals surface area contributed by atoms with Crippen molar-refractivity contribution in [2.24, 2.45) is 33.7 Å². The maximum absolute atomic E-state index is 10.7. The summed E-state index contributed by atoms with van der Waals surface area (Å²) in [5.74, 6) is 2.24. The molecule has 182 valence electrons. The SMILES string of the molecule is CN(C)Cc1cn(CCON=C2C=C3CCC4C5CCC(O)C5(C)CC[C@H]4C3(C)CC2)nn1. The van der Waals surface area contributed by atoms with Crippen LogP contribution >= 0.6 is 0 Å². The molecule has 0 radical (unpaired) electrons. The van der Waals surface area contributed by atoms with E-state index in [1.165, 1.54) is 38.5 Å². The van der Waals surface area contributed by atoms with Crippen LogP contribution in [-0.2, 0) is 17.9 Å². The molecule has 4 aliphatic rings. The third kappa shape index (κ3) is 4.16. The van der Waals surface area contributed by atoms with Crippen molar-refractivity contribution in [1.82, 2.24) is 19.9 Å². The van der Waals surface area contributed by atoms with E-state index in [0.717, 1.165) is 42.6 Å². The Kier molecular flexibility index (Phi) is 6.15. The van der Waals surface area contributed by atoms with Crippen LogP contribution in [0.5, 0.6) is 0 Å². The van der Waals surface area contributed by atoms with Crippen LogP contribution < -0.4 is 0 Å². The molecule has 3 fully saturated rings. The molecule has 0 aromatic carbocycles. The summed E-state index contributed by atoms with van der Waals surface area (Å²) in [6, 6.07) is 0. The molecular weight excluding hydrogens is 414 g/mol. The van der Waals surface area contributed by atoms with Crippen LogP contribution in [0.15, 0.2) is 23.0 Å². The van der Waals surface area contributed by atoms with Crippen LogP contribution in [-0.4, -0.2) is 57.5 Å². The molecule has 7 nitrogen and oxygen atoms in total. The number of allylic oxidation sites excluding steroid dienone is 2. The minimum atomic E-state index is -0.0903. The van der Waals surface area contributed by atoms with E-state index < -0.39 is 0 Å². The number of nitrogens with zero attached hydrogens (tertiary/aromatic N) is 5. The van der Waals surface area contributed by atoms with E-state index in [1.807, 2.05) is 25.0 Å². The summed E-state index contributed by atoms with van der Waals surface area (Å²) < 4.78 is 1.83. The first kappa shape index (κ1) is 23.0. The van der Waals surface area contributed by atoms with E-state index in [2.05, 4.69) is 40.3 Å². The molecule has 0 bridgehead atoms. The van der Waals surface area contributed by atoms with Gasteiger partial charge in [0.25, 0.3) is 0 Å². The smallest absolute Gasteiger partial charge is 0.136 e. The van der Waals surface area contributed by atoms with Gasteiger partial charge in [0.15, 0.2) is 0 Å². The Morgan fingerprint density at radius 3 is 2.82 bits per heavy atom. The molecule has 0 amide bonds. The van der Waals surface area contributed by atoms with E-state index in [-0.39, 0.29) is 11.5 Å². The standard InChI is InChI=1S/C26H41N5O2/c1-25-11-9-19(28-33-14-13-31-17-20(27-29-31)16-30(3)4)15-18(25)5-6-21-22-7-8-24(32)26(22,2)12-10-23(21)25/h15,17,21-24,32H,5-14,16H2,1-4H3/t21?,22?,23-,24?,25?,26?/m1/s1. The van der Waals surface area contributed by atoms with Crippen LogP contribution in [0, 0.1) is 28.6 Å². The maximum atomic E-state index is 10.7. The zero-order chi connectivity index (χ0) is 23.2. The molecular formula is C26H41N5O2. The van der Waals surface area contributed by atoms with Crippen LogP contribution in [0.2, 0.25) is 0 Å². The highest BCUT2D eigenvalue weighted by Gasteiger charge is 2.58. The number of hydrogen-bond donors (Lipinski definition) is 1. The summed E-state index contributed by atoms with van der Waals surface area (Å²) in [4.78, 5) is 7.77. The lowest BCUT2D eigenvalue weighted by molar-refractivity contribution is -0.0722. The average Bonchev–Trinajstić information content (AvgIpc) is 3.34. The Morgan fingerprint density at radius 2 is 2.00 bits per heavy atom. The number of aliphatic hydroxyl groups excluding tert-OH is 1. The van der Waals surface area contributed by atoms with Gasteiger partial charge in [0.2, 0.25) is 0 Å². The van der Waals surface area contributed by atoms with Crippen molar-refractivity contribution in [2.45, 2.75) is 84.4 Å². The number of rotatable bonds is 6. The van der Waals surface area contributed by atoms with Gasteiger partial charge >= 0.3 is 0 Å². The van der Waals surface area contributed by atoms with Gasteiger partial charge in [-0.2, -0.15) is 0 Å². The quantitative estimate of drug-likeness (QED) is 0.518. The molecule has 1 aromatic rings. The van der Waals surface area contributed by atoms with Gasteiger partial charge in [0.05, 0.1) is 24.1 Å². The zero-order valence-corrected chi connectivity index (χ0v) is 20.8. The number of aromatic nitrogens is 3. The van der Waals surface area contributed by atoms with Gasteiger partial charge in [-0.3, -0.25) is 0 Å². The fourth-order valence-corrected chi connectivity index (χ4v) is 7.72. The Labute approximate surface area is 198 Å². The molecule has 33 heavy (non-hydrogen) atoms. The molecule has 7 heteroatoms. The highest BCUT2D eigenvalue weighted by Crippen LogP contribution is 2.65.